The third kappa shape index (κ3) is 6.27. The van der Waals surface area contributed by atoms with Crippen molar-refractivity contribution in [3.8, 4) is 22.9 Å². The van der Waals surface area contributed by atoms with Gasteiger partial charge >= 0.3 is 0 Å². The van der Waals surface area contributed by atoms with Gasteiger partial charge in [0.15, 0.2) is 0 Å². The number of nitrogens with two attached hydrogens (primary N) is 1. The smallest absolute Gasteiger partial charge is 0.214 e. The molecule has 1 fully saturated rings. The van der Waals surface area contributed by atoms with Crippen molar-refractivity contribution in [2.75, 3.05) is 6.61 Å². The van der Waals surface area contributed by atoms with Gasteiger partial charge in [-0.05, 0) is 23.8 Å². The van der Waals surface area contributed by atoms with E-state index in [0.29, 0.717) is 11.3 Å². The van der Waals surface area contributed by atoms with Crippen LogP contribution in [0.25, 0.3) is 11.1 Å². The molecule has 2 aromatic carbocycles. The third-order valence-electron chi connectivity index (χ3n) is 4.16. The number of nitriles is 1. The molecule has 1 aliphatic heterocycles. The van der Waals surface area contributed by atoms with Crippen LogP contribution in [0.15, 0.2) is 48.5 Å². The van der Waals surface area contributed by atoms with E-state index in [0.717, 1.165) is 11.1 Å². The molecule has 8 nitrogen and oxygen atoms in total. The molecule has 1 heterocycles. The Morgan fingerprint density at radius 2 is 1.97 bits per heavy atom. The highest BCUT2D eigenvalue weighted by atomic mass is 16.7. The lowest BCUT2D eigenvalue weighted by atomic mass is 10.0. The molecule has 0 spiro atoms. The predicted molar refractivity (Wildman–Crippen MR) is 104 cm³/mol. The number of benzene rings is 2. The first-order valence-electron chi connectivity index (χ1n) is 9.00. The maximum absolute atomic E-state index is 9.93. The second kappa shape index (κ2) is 10.5. The number of nitrogens with zero attached hydrogens (tertiary/aromatic N) is 1. The van der Waals surface area contributed by atoms with Crippen molar-refractivity contribution in [1.29, 1.82) is 5.26 Å². The van der Waals surface area contributed by atoms with Crippen LogP contribution in [0.3, 0.4) is 0 Å². The van der Waals surface area contributed by atoms with E-state index in [-0.39, 0.29) is 12.3 Å². The van der Waals surface area contributed by atoms with Gasteiger partial charge in [0.25, 0.3) is 0 Å². The number of hydrogen-bond acceptors (Lipinski definition) is 7. The summed E-state index contributed by atoms with van der Waals surface area (Å²) in [5, 5.41) is 38.1. The molecule has 0 bridgehead atoms. The summed E-state index contributed by atoms with van der Waals surface area (Å²) in [5.74, 6) is 0.197. The first-order chi connectivity index (χ1) is 13.8. The molecule has 29 heavy (non-hydrogen) atoms. The van der Waals surface area contributed by atoms with Crippen molar-refractivity contribution >= 4 is 5.91 Å². The minimum Gasteiger partial charge on any atom is -0.464 e. The highest BCUT2D eigenvalue weighted by Crippen LogP contribution is 2.33. The minimum absolute atomic E-state index is 0.0875. The summed E-state index contributed by atoms with van der Waals surface area (Å²) in [6, 6.07) is 16.6. The van der Waals surface area contributed by atoms with Crippen LogP contribution in [-0.2, 0) is 9.53 Å². The molecule has 8 heteroatoms. The number of rotatable bonds is 4. The lowest BCUT2D eigenvalue weighted by Crippen LogP contribution is -2.51. The maximum Gasteiger partial charge on any atom is 0.214 e. The normalized spacial score (nSPS) is 23.3. The van der Waals surface area contributed by atoms with Gasteiger partial charge in [0.2, 0.25) is 12.2 Å². The summed E-state index contributed by atoms with van der Waals surface area (Å²) in [6.45, 7) is 0.893. The second-order valence-electron chi connectivity index (χ2n) is 6.50. The standard InChI is InChI=1S/C19H19NO5.C2H5NO/c20-10-12-4-3-5-13(8-12)14-6-1-2-7-16(14)24-18-9-15(22)19(23)17(11-21)25-18;1-2(3)4/h1-8,15,17-19,21-23H,9,11H2;1H3,(H2,3,4). The van der Waals surface area contributed by atoms with Crippen LogP contribution >= 0.6 is 0 Å². The molecular weight excluding hydrogens is 376 g/mol. The minimum atomic E-state index is -1.15. The largest absolute Gasteiger partial charge is 0.464 e. The molecule has 4 atom stereocenters. The van der Waals surface area contributed by atoms with E-state index >= 15 is 0 Å². The van der Waals surface area contributed by atoms with E-state index < -0.39 is 31.2 Å². The number of ether oxygens (including phenoxy) is 2. The first-order valence-corrected chi connectivity index (χ1v) is 9.00. The monoisotopic (exact) mass is 400 g/mol. The number of aliphatic hydroxyl groups excluding tert-OH is 3. The fraction of sp³-hybridized carbons (Fsp3) is 0.333. The van der Waals surface area contributed by atoms with E-state index in [4.69, 9.17) is 14.7 Å². The van der Waals surface area contributed by atoms with Gasteiger partial charge in [-0.15, -0.1) is 0 Å². The van der Waals surface area contributed by atoms with Crippen LogP contribution in [0.4, 0.5) is 0 Å². The molecule has 1 aliphatic rings. The van der Waals surface area contributed by atoms with Crippen molar-refractivity contribution in [2.24, 2.45) is 5.73 Å². The first kappa shape index (κ1) is 22.3. The molecule has 154 valence electrons. The average Bonchev–Trinajstić information content (AvgIpc) is 2.70. The highest BCUT2D eigenvalue weighted by molar-refractivity contribution is 5.71. The highest BCUT2D eigenvalue weighted by Gasteiger charge is 2.37. The number of carbonyl (C=O) groups excluding carboxylic acids is 1. The number of para-hydroxylation sites is 1. The zero-order valence-corrected chi connectivity index (χ0v) is 15.9. The summed E-state index contributed by atoms with van der Waals surface area (Å²) in [7, 11) is 0. The zero-order valence-electron chi connectivity index (χ0n) is 15.9. The summed E-state index contributed by atoms with van der Waals surface area (Å²) in [6.07, 6.45) is -3.79. The van der Waals surface area contributed by atoms with Crippen molar-refractivity contribution in [1.82, 2.24) is 0 Å². The van der Waals surface area contributed by atoms with Gasteiger partial charge in [0, 0.05) is 18.9 Å². The predicted octanol–water partition coefficient (Wildman–Crippen LogP) is 0.925. The van der Waals surface area contributed by atoms with Gasteiger partial charge in [-0.1, -0.05) is 30.3 Å². The van der Waals surface area contributed by atoms with Crippen LogP contribution in [-0.4, -0.2) is 52.4 Å². The molecule has 5 N–H and O–H groups in total. The lowest BCUT2D eigenvalue weighted by molar-refractivity contribution is -0.229. The molecule has 0 radical (unpaired) electrons. The van der Waals surface area contributed by atoms with Crippen LogP contribution in [0.1, 0.15) is 18.9 Å². The molecule has 0 aliphatic carbocycles. The molecule has 1 amide bonds. The Labute approximate surface area is 168 Å². The van der Waals surface area contributed by atoms with Crippen molar-refractivity contribution in [3.05, 3.63) is 54.1 Å². The van der Waals surface area contributed by atoms with E-state index in [1.54, 1.807) is 24.3 Å². The average molecular weight is 400 g/mol. The van der Waals surface area contributed by atoms with E-state index in [2.05, 4.69) is 11.8 Å². The van der Waals surface area contributed by atoms with Gasteiger partial charge in [0.1, 0.15) is 18.0 Å². The van der Waals surface area contributed by atoms with Crippen LogP contribution in [0, 0.1) is 11.3 Å². The van der Waals surface area contributed by atoms with E-state index in [1.807, 2.05) is 24.3 Å². The maximum atomic E-state index is 9.93. The zero-order chi connectivity index (χ0) is 21.4. The van der Waals surface area contributed by atoms with Gasteiger partial charge in [0.05, 0.1) is 24.3 Å². The number of primary amides is 1. The Morgan fingerprint density at radius 3 is 2.62 bits per heavy atom. The Bertz CT molecular complexity index is 862. The second-order valence-corrected chi connectivity index (χ2v) is 6.50. The Hall–Kier alpha value is -2.96. The van der Waals surface area contributed by atoms with Gasteiger partial charge in [-0.2, -0.15) is 5.26 Å². The van der Waals surface area contributed by atoms with Gasteiger partial charge < -0.3 is 30.5 Å². The molecule has 0 saturated carbocycles. The van der Waals surface area contributed by atoms with Crippen molar-refractivity contribution < 1.29 is 29.6 Å². The number of amides is 1. The topological polar surface area (TPSA) is 146 Å². The van der Waals surface area contributed by atoms with Crippen molar-refractivity contribution in [2.45, 2.75) is 37.9 Å². The molecule has 3 rings (SSSR count). The van der Waals surface area contributed by atoms with Gasteiger partial charge in [-0.25, -0.2) is 0 Å². The third-order valence-corrected chi connectivity index (χ3v) is 4.16. The lowest BCUT2D eigenvalue weighted by Gasteiger charge is -2.36. The fourth-order valence-corrected chi connectivity index (χ4v) is 2.85. The Balaban J connectivity index is 0.000000687. The summed E-state index contributed by atoms with van der Waals surface area (Å²) in [4.78, 5) is 9.22. The number of aliphatic hydroxyl groups is 3. The number of hydrogen-bond donors (Lipinski definition) is 4. The molecule has 4 unspecified atom stereocenters. The Morgan fingerprint density at radius 1 is 1.28 bits per heavy atom. The van der Waals surface area contributed by atoms with E-state index in [1.165, 1.54) is 6.92 Å². The molecule has 2 aromatic rings. The quantitative estimate of drug-likeness (QED) is 0.597. The van der Waals surface area contributed by atoms with Crippen LogP contribution < -0.4 is 10.5 Å². The van der Waals surface area contributed by atoms with Gasteiger partial charge in [-0.3, -0.25) is 4.79 Å². The molecular formula is C21H24N2O6. The molecule has 1 saturated heterocycles. The number of carbonyl (C=O) groups is 1. The van der Waals surface area contributed by atoms with Crippen LogP contribution in [0.5, 0.6) is 5.75 Å². The summed E-state index contributed by atoms with van der Waals surface area (Å²) in [5.41, 5.74) is 6.62. The Kier molecular flexibility index (Phi) is 8.12. The summed E-state index contributed by atoms with van der Waals surface area (Å²) < 4.78 is 11.4. The fourth-order valence-electron chi connectivity index (χ4n) is 2.85. The SMILES string of the molecule is CC(N)=O.N#Cc1cccc(-c2ccccc2OC2CC(O)C(O)C(CO)O2)c1. The molecule has 0 aromatic heterocycles. The summed E-state index contributed by atoms with van der Waals surface area (Å²) >= 11 is 0. The van der Waals surface area contributed by atoms with Crippen molar-refractivity contribution in [3.63, 3.8) is 0 Å². The van der Waals surface area contributed by atoms with E-state index in [9.17, 15) is 20.1 Å². The van der Waals surface area contributed by atoms with Crippen LogP contribution in [0.2, 0.25) is 0 Å².